The number of carbonyl (C=O) groups excluding carboxylic acids is 2. The summed E-state index contributed by atoms with van der Waals surface area (Å²) in [5, 5.41) is 3.09. The van der Waals surface area contributed by atoms with Crippen molar-refractivity contribution in [3.05, 3.63) is 95.0 Å². The molecule has 3 aromatic rings. The van der Waals surface area contributed by atoms with Gasteiger partial charge in [-0.25, -0.2) is 8.42 Å². The maximum atomic E-state index is 14.0. The second-order valence-electron chi connectivity index (χ2n) is 9.31. The fourth-order valence-corrected chi connectivity index (χ4v) is 5.99. The molecule has 208 valence electrons. The Morgan fingerprint density at radius 3 is 2.18 bits per heavy atom. The minimum absolute atomic E-state index is 0.0457. The highest BCUT2D eigenvalue weighted by molar-refractivity contribution is 7.92. The molecule has 9 heteroatoms. The monoisotopic (exact) mass is 569 g/mol. The van der Waals surface area contributed by atoms with Gasteiger partial charge >= 0.3 is 0 Å². The third kappa shape index (κ3) is 7.83. The zero-order chi connectivity index (χ0) is 28.4. The molecule has 3 rings (SSSR count). The molecule has 0 radical (unpaired) electrons. The van der Waals surface area contributed by atoms with Crippen molar-refractivity contribution < 1.29 is 18.0 Å². The lowest BCUT2D eigenvalue weighted by atomic mass is 10.1. The number of nitrogens with one attached hydrogen (secondary N) is 1. The molecule has 0 aliphatic carbocycles. The van der Waals surface area contributed by atoms with Crippen molar-refractivity contribution in [1.29, 1.82) is 0 Å². The first kappa shape index (κ1) is 30.2. The number of hydrogen-bond donors (Lipinski definition) is 1. The SMILES string of the molecule is CCCNC(=O)[C@H](CC)N(CCc1ccccc1)C(=O)CN(c1ccccc1Cl)S(=O)(=O)c1ccc(C)cc1. The molecule has 0 heterocycles. The Morgan fingerprint density at radius 1 is 0.923 bits per heavy atom. The van der Waals surface area contributed by atoms with Crippen molar-refractivity contribution in [2.75, 3.05) is 23.9 Å². The predicted octanol–water partition coefficient (Wildman–Crippen LogP) is 5.22. The largest absolute Gasteiger partial charge is 0.354 e. The molecule has 0 saturated heterocycles. The van der Waals surface area contributed by atoms with E-state index in [2.05, 4.69) is 5.32 Å². The fraction of sp³-hybridized carbons (Fsp3) is 0.333. The van der Waals surface area contributed by atoms with Crippen molar-refractivity contribution in [2.24, 2.45) is 0 Å². The Hall–Kier alpha value is -3.36. The summed E-state index contributed by atoms with van der Waals surface area (Å²) in [6.07, 6.45) is 1.66. The lowest BCUT2D eigenvalue weighted by Gasteiger charge is -2.33. The van der Waals surface area contributed by atoms with Crippen LogP contribution in [0, 0.1) is 6.92 Å². The Kier molecular flexibility index (Phi) is 10.9. The van der Waals surface area contributed by atoms with Gasteiger partial charge in [0.1, 0.15) is 12.6 Å². The van der Waals surface area contributed by atoms with Crippen molar-refractivity contribution in [1.82, 2.24) is 10.2 Å². The normalized spacial score (nSPS) is 12.0. The summed E-state index contributed by atoms with van der Waals surface area (Å²) in [5.74, 6) is -0.744. The number of para-hydroxylation sites is 1. The predicted molar refractivity (Wildman–Crippen MR) is 156 cm³/mol. The second-order valence-corrected chi connectivity index (χ2v) is 11.6. The maximum Gasteiger partial charge on any atom is 0.264 e. The van der Waals surface area contributed by atoms with Crippen LogP contribution in [0.15, 0.2) is 83.8 Å². The zero-order valence-corrected chi connectivity index (χ0v) is 24.2. The summed E-state index contributed by atoms with van der Waals surface area (Å²) in [6.45, 7) is 5.90. The van der Waals surface area contributed by atoms with E-state index in [9.17, 15) is 18.0 Å². The molecule has 0 saturated carbocycles. The summed E-state index contributed by atoms with van der Waals surface area (Å²) in [4.78, 5) is 28.6. The number of hydrogen-bond acceptors (Lipinski definition) is 4. The molecule has 1 atom stereocenters. The average Bonchev–Trinajstić information content (AvgIpc) is 2.93. The minimum atomic E-state index is -4.16. The van der Waals surface area contributed by atoms with Crippen LogP contribution in [0.4, 0.5) is 5.69 Å². The zero-order valence-electron chi connectivity index (χ0n) is 22.6. The van der Waals surface area contributed by atoms with Gasteiger partial charge in [0.15, 0.2) is 0 Å². The molecule has 3 aromatic carbocycles. The first-order valence-corrected chi connectivity index (χ1v) is 15.0. The number of anilines is 1. The van der Waals surface area contributed by atoms with Gasteiger partial charge in [-0.3, -0.25) is 13.9 Å². The van der Waals surface area contributed by atoms with Gasteiger partial charge in [0.2, 0.25) is 11.8 Å². The number of aryl methyl sites for hydroxylation is 1. The van der Waals surface area contributed by atoms with Gasteiger partial charge in [0.25, 0.3) is 10.0 Å². The fourth-order valence-electron chi connectivity index (χ4n) is 4.27. The van der Waals surface area contributed by atoms with Crippen LogP contribution in [-0.4, -0.2) is 50.8 Å². The number of sulfonamides is 1. The van der Waals surface area contributed by atoms with Crippen LogP contribution in [0.25, 0.3) is 0 Å². The molecule has 7 nitrogen and oxygen atoms in total. The van der Waals surface area contributed by atoms with Gasteiger partial charge in [0, 0.05) is 13.1 Å². The standard InChI is InChI=1S/C30H36ClN3O4S/c1-4-20-32-30(36)27(5-2)33(21-19-24-11-7-6-8-12-24)29(35)22-34(28-14-10-9-13-26(28)31)39(37,38)25-17-15-23(3)16-18-25/h6-18,27H,4-5,19-22H2,1-3H3,(H,32,36)/t27-/m0/s1. The maximum absolute atomic E-state index is 14.0. The molecule has 0 spiro atoms. The highest BCUT2D eigenvalue weighted by Crippen LogP contribution is 2.30. The summed E-state index contributed by atoms with van der Waals surface area (Å²) >= 11 is 6.44. The topological polar surface area (TPSA) is 86.8 Å². The molecular weight excluding hydrogens is 534 g/mol. The lowest BCUT2D eigenvalue weighted by Crippen LogP contribution is -2.53. The van der Waals surface area contributed by atoms with E-state index in [1.807, 2.05) is 51.1 Å². The number of amides is 2. The number of carbonyl (C=O) groups is 2. The van der Waals surface area contributed by atoms with Crippen LogP contribution >= 0.6 is 11.6 Å². The summed E-state index contributed by atoms with van der Waals surface area (Å²) in [5.41, 5.74) is 2.11. The molecule has 0 fully saturated rings. The van der Waals surface area contributed by atoms with Gasteiger partial charge in [-0.05, 0) is 56.0 Å². The molecule has 0 aromatic heterocycles. The second kappa shape index (κ2) is 14.1. The summed E-state index contributed by atoms with van der Waals surface area (Å²) in [7, 11) is -4.16. The van der Waals surface area contributed by atoms with Crippen molar-refractivity contribution in [3.8, 4) is 0 Å². The van der Waals surface area contributed by atoms with Gasteiger partial charge < -0.3 is 10.2 Å². The van der Waals surface area contributed by atoms with E-state index in [-0.39, 0.29) is 28.1 Å². The highest BCUT2D eigenvalue weighted by atomic mass is 35.5. The Morgan fingerprint density at radius 2 is 1.56 bits per heavy atom. The number of nitrogens with zero attached hydrogens (tertiary/aromatic N) is 2. The van der Waals surface area contributed by atoms with E-state index >= 15 is 0 Å². The van der Waals surface area contributed by atoms with Gasteiger partial charge in [-0.1, -0.05) is 85.6 Å². The van der Waals surface area contributed by atoms with Crippen molar-refractivity contribution in [2.45, 2.75) is 51.0 Å². The van der Waals surface area contributed by atoms with Crippen LogP contribution in [0.3, 0.4) is 0 Å². The first-order valence-electron chi connectivity index (χ1n) is 13.1. The first-order chi connectivity index (χ1) is 18.7. The molecule has 39 heavy (non-hydrogen) atoms. The van der Waals surface area contributed by atoms with Crippen molar-refractivity contribution in [3.63, 3.8) is 0 Å². The van der Waals surface area contributed by atoms with Crippen LogP contribution in [0.1, 0.15) is 37.8 Å². The quantitative estimate of drug-likeness (QED) is 0.306. The van der Waals surface area contributed by atoms with Gasteiger partial charge in [-0.2, -0.15) is 0 Å². The molecule has 1 N–H and O–H groups in total. The number of rotatable bonds is 13. The lowest BCUT2D eigenvalue weighted by molar-refractivity contribution is -0.139. The highest BCUT2D eigenvalue weighted by Gasteiger charge is 2.34. The van der Waals surface area contributed by atoms with Crippen LogP contribution < -0.4 is 9.62 Å². The molecule has 0 bridgehead atoms. The minimum Gasteiger partial charge on any atom is -0.354 e. The van der Waals surface area contributed by atoms with Crippen molar-refractivity contribution >= 4 is 39.1 Å². The smallest absolute Gasteiger partial charge is 0.264 e. The summed E-state index contributed by atoms with van der Waals surface area (Å²) < 4.78 is 28.8. The number of halogens is 1. The van der Waals surface area contributed by atoms with E-state index in [0.717, 1.165) is 21.9 Å². The van der Waals surface area contributed by atoms with E-state index in [0.29, 0.717) is 19.4 Å². The number of benzene rings is 3. The van der Waals surface area contributed by atoms with E-state index in [4.69, 9.17) is 11.6 Å². The van der Waals surface area contributed by atoms with Crippen LogP contribution in [0.2, 0.25) is 5.02 Å². The average molecular weight is 570 g/mol. The van der Waals surface area contributed by atoms with E-state index in [1.54, 1.807) is 36.4 Å². The Balaban J connectivity index is 2.01. The van der Waals surface area contributed by atoms with E-state index < -0.39 is 28.5 Å². The third-order valence-corrected chi connectivity index (χ3v) is 8.52. The van der Waals surface area contributed by atoms with Gasteiger partial charge in [-0.15, -0.1) is 0 Å². The molecular formula is C30H36ClN3O4S. The molecule has 0 aliphatic rings. The van der Waals surface area contributed by atoms with E-state index in [1.165, 1.54) is 17.0 Å². The molecule has 0 aliphatic heterocycles. The van der Waals surface area contributed by atoms with Crippen LogP contribution in [-0.2, 0) is 26.0 Å². The Labute approximate surface area is 236 Å². The van der Waals surface area contributed by atoms with Crippen LogP contribution in [0.5, 0.6) is 0 Å². The molecule has 2 amide bonds. The van der Waals surface area contributed by atoms with Gasteiger partial charge in [0.05, 0.1) is 15.6 Å². The summed E-state index contributed by atoms with van der Waals surface area (Å²) in [6, 6.07) is 21.9. The third-order valence-electron chi connectivity index (χ3n) is 6.43. The molecule has 0 unspecified atom stereocenters. The Bertz CT molecular complexity index is 1350.